The van der Waals surface area contributed by atoms with E-state index in [1.165, 1.54) is 24.3 Å². The van der Waals surface area contributed by atoms with E-state index in [0.29, 0.717) is 12.1 Å². The average molecular weight is 316 g/mol. The Morgan fingerprint density at radius 3 is 2.43 bits per heavy atom. The van der Waals surface area contributed by atoms with Crippen molar-refractivity contribution in [2.24, 2.45) is 0 Å². The highest BCUT2D eigenvalue weighted by atomic mass is 32.2. The zero-order valence-corrected chi connectivity index (χ0v) is 13.0. The molecule has 0 aromatic heterocycles. The zero-order chi connectivity index (χ0) is 15.9. The van der Waals surface area contributed by atoms with Crippen molar-refractivity contribution in [3.8, 4) is 0 Å². The maximum atomic E-state index is 12.9. The molecule has 5 nitrogen and oxygen atoms in total. The lowest BCUT2D eigenvalue weighted by molar-refractivity contribution is -0.121. The molecule has 0 fully saturated rings. The summed E-state index contributed by atoms with van der Waals surface area (Å²) in [5, 5.41) is 2.73. The second-order valence-corrected chi connectivity index (χ2v) is 6.68. The molecule has 2 N–H and O–H groups in total. The van der Waals surface area contributed by atoms with E-state index >= 15 is 0 Å². The van der Waals surface area contributed by atoms with Gasteiger partial charge in [-0.15, -0.1) is 0 Å². The number of halogens is 1. The largest absolute Gasteiger partial charge is 0.356 e. The van der Waals surface area contributed by atoms with Crippen LogP contribution in [0.4, 0.5) is 4.39 Å². The summed E-state index contributed by atoms with van der Waals surface area (Å²) in [4.78, 5) is 11.8. The van der Waals surface area contributed by atoms with Gasteiger partial charge in [0.2, 0.25) is 15.9 Å². The van der Waals surface area contributed by atoms with Gasteiger partial charge in [0.15, 0.2) is 0 Å². The van der Waals surface area contributed by atoms with Gasteiger partial charge < -0.3 is 5.32 Å². The van der Waals surface area contributed by atoms with Gasteiger partial charge in [-0.3, -0.25) is 4.79 Å². The first-order chi connectivity index (χ1) is 9.81. The molecular formula is C14H21FN2O3S. The fourth-order valence-corrected chi connectivity index (χ4v) is 2.58. The smallest absolute Gasteiger partial charge is 0.221 e. The normalized spacial score (nSPS) is 12.9. The molecule has 1 aromatic rings. The number of hydrogen-bond acceptors (Lipinski definition) is 3. The van der Waals surface area contributed by atoms with Crippen molar-refractivity contribution in [2.75, 3.05) is 12.8 Å². The Kier molecular flexibility index (Phi) is 6.77. The molecule has 0 unspecified atom stereocenters. The van der Waals surface area contributed by atoms with E-state index in [1.54, 1.807) is 0 Å². The molecule has 0 aliphatic rings. The molecule has 0 bridgehead atoms. The van der Waals surface area contributed by atoms with E-state index < -0.39 is 21.9 Å². The Balaban J connectivity index is 2.78. The second kappa shape index (κ2) is 8.09. The van der Waals surface area contributed by atoms with E-state index in [9.17, 15) is 17.6 Å². The van der Waals surface area contributed by atoms with Gasteiger partial charge in [0, 0.05) is 13.0 Å². The van der Waals surface area contributed by atoms with Crippen molar-refractivity contribution >= 4 is 15.9 Å². The summed E-state index contributed by atoms with van der Waals surface area (Å²) in [5.74, 6) is -0.654. The molecule has 1 atom stereocenters. The van der Waals surface area contributed by atoms with Crippen LogP contribution in [-0.2, 0) is 14.8 Å². The monoisotopic (exact) mass is 316 g/mol. The molecular weight excluding hydrogens is 295 g/mol. The Morgan fingerprint density at radius 2 is 1.90 bits per heavy atom. The fourth-order valence-electron chi connectivity index (χ4n) is 1.84. The van der Waals surface area contributed by atoms with Gasteiger partial charge in [-0.1, -0.05) is 25.5 Å². The van der Waals surface area contributed by atoms with Gasteiger partial charge in [0.05, 0.1) is 12.3 Å². The molecule has 118 valence electrons. The highest BCUT2D eigenvalue weighted by Gasteiger charge is 2.19. The number of rotatable bonds is 8. The Hall–Kier alpha value is -1.47. The molecule has 0 radical (unpaired) electrons. The highest BCUT2D eigenvalue weighted by Crippen LogP contribution is 2.18. The number of benzene rings is 1. The van der Waals surface area contributed by atoms with Crippen LogP contribution >= 0.6 is 0 Å². The molecule has 0 spiro atoms. The quantitative estimate of drug-likeness (QED) is 0.717. The van der Waals surface area contributed by atoms with E-state index in [4.69, 9.17) is 0 Å². The Labute approximate surface area is 125 Å². The van der Waals surface area contributed by atoms with Crippen molar-refractivity contribution in [1.82, 2.24) is 10.0 Å². The third kappa shape index (κ3) is 7.19. The minimum atomic E-state index is -3.48. The summed E-state index contributed by atoms with van der Waals surface area (Å²) < 4.78 is 38.2. The SMILES string of the molecule is CCCCNC(=O)C[C@H](NS(C)(=O)=O)c1ccc(F)cc1. The maximum absolute atomic E-state index is 12.9. The van der Waals surface area contributed by atoms with Gasteiger partial charge in [-0.25, -0.2) is 17.5 Å². The molecule has 0 aliphatic heterocycles. The number of sulfonamides is 1. The lowest BCUT2D eigenvalue weighted by Crippen LogP contribution is -2.33. The lowest BCUT2D eigenvalue weighted by Gasteiger charge is -2.17. The van der Waals surface area contributed by atoms with E-state index in [1.807, 2.05) is 6.92 Å². The first kappa shape index (κ1) is 17.6. The predicted molar refractivity (Wildman–Crippen MR) is 79.7 cm³/mol. The van der Waals surface area contributed by atoms with Crippen LogP contribution in [0.3, 0.4) is 0 Å². The van der Waals surface area contributed by atoms with Crippen LogP contribution in [0.1, 0.15) is 37.8 Å². The summed E-state index contributed by atoms with van der Waals surface area (Å²) in [6.45, 7) is 2.57. The van der Waals surface area contributed by atoms with Gasteiger partial charge in [0.25, 0.3) is 0 Å². The summed E-state index contributed by atoms with van der Waals surface area (Å²) in [6, 6.07) is 4.71. The number of nitrogens with one attached hydrogen (secondary N) is 2. The van der Waals surface area contributed by atoms with Crippen LogP contribution in [0, 0.1) is 5.82 Å². The summed E-state index contributed by atoms with van der Waals surface area (Å²) in [7, 11) is -3.48. The standard InChI is InChI=1S/C14H21FN2O3S/c1-3-4-9-16-14(18)10-13(17-21(2,19)20)11-5-7-12(15)8-6-11/h5-8,13,17H,3-4,9-10H2,1-2H3,(H,16,18)/t13-/m0/s1. The topological polar surface area (TPSA) is 75.3 Å². The molecule has 1 rings (SSSR count). The van der Waals surface area contributed by atoms with E-state index in [2.05, 4.69) is 10.0 Å². The molecule has 0 saturated heterocycles. The highest BCUT2D eigenvalue weighted by molar-refractivity contribution is 7.88. The maximum Gasteiger partial charge on any atom is 0.221 e. The summed E-state index contributed by atoms with van der Waals surface area (Å²) in [5.41, 5.74) is 0.549. The van der Waals surface area contributed by atoms with Crippen molar-refractivity contribution in [3.05, 3.63) is 35.6 Å². The van der Waals surface area contributed by atoms with Crippen molar-refractivity contribution in [3.63, 3.8) is 0 Å². The molecule has 7 heteroatoms. The van der Waals surface area contributed by atoms with Gasteiger partial charge in [-0.05, 0) is 24.1 Å². The van der Waals surface area contributed by atoms with Crippen LogP contribution in [0.2, 0.25) is 0 Å². The number of carbonyl (C=O) groups is 1. The molecule has 0 heterocycles. The minimum Gasteiger partial charge on any atom is -0.356 e. The third-order valence-corrected chi connectivity index (χ3v) is 3.58. The second-order valence-electron chi connectivity index (χ2n) is 4.90. The lowest BCUT2D eigenvalue weighted by atomic mass is 10.0. The first-order valence-corrected chi connectivity index (χ1v) is 8.70. The van der Waals surface area contributed by atoms with Crippen LogP contribution < -0.4 is 10.0 Å². The van der Waals surface area contributed by atoms with Gasteiger partial charge in [0.1, 0.15) is 5.82 Å². The zero-order valence-electron chi connectivity index (χ0n) is 12.2. The summed E-state index contributed by atoms with van der Waals surface area (Å²) in [6.07, 6.45) is 2.83. The summed E-state index contributed by atoms with van der Waals surface area (Å²) >= 11 is 0. The van der Waals surface area contributed by atoms with E-state index in [0.717, 1.165) is 19.1 Å². The predicted octanol–water partition coefficient (Wildman–Crippen LogP) is 1.72. The van der Waals surface area contributed by atoms with Crippen molar-refractivity contribution < 1.29 is 17.6 Å². The number of hydrogen-bond donors (Lipinski definition) is 2. The minimum absolute atomic E-state index is 0.0254. The van der Waals surface area contributed by atoms with E-state index in [-0.39, 0.29) is 12.3 Å². The Bertz CT molecular complexity index is 558. The van der Waals surface area contributed by atoms with Crippen molar-refractivity contribution in [2.45, 2.75) is 32.2 Å². The van der Waals surface area contributed by atoms with Crippen LogP contribution in [0.5, 0.6) is 0 Å². The van der Waals surface area contributed by atoms with Crippen LogP contribution in [0.25, 0.3) is 0 Å². The van der Waals surface area contributed by atoms with Gasteiger partial charge in [-0.2, -0.15) is 0 Å². The molecule has 1 amide bonds. The van der Waals surface area contributed by atoms with Crippen LogP contribution in [0.15, 0.2) is 24.3 Å². The molecule has 0 aliphatic carbocycles. The molecule has 1 aromatic carbocycles. The van der Waals surface area contributed by atoms with Gasteiger partial charge >= 0.3 is 0 Å². The Morgan fingerprint density at radius 1 is 1.29 bits per heavy atom. The molecule has 21 heavy (non-hydrogen) atoms. The first-order valence-electron chi connectivity index (χ1n) is 6.81. The fraction of sp³-hybridized carbons (Fsp3) is 0.500. The average Bonchev–Trinajstić information content (AvgIpc) is 2.37. The van der Waals surface area contributed by atoms with Crippen LogP contribution in [-0.4, -0.2) is 27.1 Å². The molecule has 0 saturated carbocycles. The number of carbonyl (C=O) groups excluding carboxylic acids is 1. The third-order valence-electron chi connectivity index (χ3n) is 2.87. The number of amides is 1. The van der Waals surface area contributed by atoms with Crippen molar-refractivity contribution in [1.29, 1.82) is 0 Å². The number of unbranched alkanes of at least 4 members (excludes halogenated alkanes) is 1.